The minimum Gasteiger partial charge on any atom is -0.434 e. The Labute approximate surface area is 128 Å². The van der Waals surface area contributed by atoms with Crippen molar-refractivity contribution in [2.45, 2.75) is 13.2 Å². The van der Waals surface area contributed by atoms with Crippen molar-refractivity contribution in [3.8, 4) is 5.75 Å². The predicted molar refractivity (Wildman–Crippen MR) is 79.6 cm³/mol. The number of rotatable bonds is 5. The number of benzene rings is 2. The number of hydrogen-bond acceptors (Lipinski definition) is 2. The molecule has 0 aliphatic rings. The SMILES string of the molecule is FC(F)Oc1ccccc1CNc1ccc(Cl)cc1Br. The van der Waals surface area contributed by atoms with Crippen LogP contribution in [-0.4, -0.2) is 6.61 Å². The van der Waals surface area contributed by atoms with Gasteiger partial charge < -0.3 is 10.1 Å². The molecule has 0 aliphatic heterocycles. The molecule has 106 valence electrons. The third-order valence-electron chi connectivity index (χ3n) is 2.59. The number of halogens is 4. The lowest BCUT2D eigenvalue weighted by atomic mass is 10.2. The normalized spacial score (nSPS) is 10.7. The fraction of sp³-hybridized carbons (Fsp3) is 0.143. The van der Waals surface area contributed by atoms with Gasteiger partial charge in [-0.2, -0.15) is 8.78 Å². The lowest BCUT2D eigenvalue weighted by Gasteiger charge is -2.13. The molecule has 0 heterocycles. The van der Waals surface area contributed by atoms with E-state index in [0.29, 0.717) is 17.1 Å². The topological polar surface area (TPSA) is 21.3 Å². The second kappa shape index (κ2) is 6.90. The molecule has 0 amide bonds. The first-order valence-corrected chi connectivity index (χ1v) is 6.95. The Morgan fingerprint density at radius 3 is 2.65 bits per heavy atom. The van der Waals surface area contributed by atoms with Gasteiger partial charge in [-0.3, -0.25) is 0 Å². The summed E-state index contributed by atoms with van der Waals surface area (Å²) in [6.45, 7) is -2.47. The number of hydrogen-bond donors (Lipinski definition) is 1. The lowest BCUT2D eigenvalue weighted by molar-refractivity contribution is -0.0504. The Bertz CT molecular complexity index is 595. The molecule has 0 unspecified atom stereocenters. The van der Waals surface area contributed by atoms with Gasteiger partial charge in [0.1, 0.15) is 5.75 Å². The van der Waals surface area contributed by atoms with Crippen molar-refractivity contribution in [2.75, 3.05) is 5.32 Å². The maximum atomic E-state index is 12.3. The molecule has 2 aromatic rings. The van der Waals surface area contributed by atoms with Crippen LogP contribution >= 0.6 is 27.5 Å². The van der Waals surface area contributed by atoms with Crippen LogP contribution in [0.4, 0.5) is 14.5 Å². The van der Waals surface area contributed by atoms with Gasteiger partial charge in [-0.15, -0.1) is 0 Å². The predicted octanol–water partition coefficient (Wildman–Crippen LogP) is 5.32. The van der Waals surface area contributed by atoms with Gasteiger partial charge in [0.05, 0.1) is 0 Å². The first-order chi connectivity index (χ1) is 9.56. The highest BCUT2D eigenvalue weighted by Crippen LogP contribution is 2.27. The molecule has 0 aliphatic carbocycles. The molecular formula is C14H11BrClF2NO. The molecule has 1 N–H and O–H groups in total. The zero-order valence-corrected chi connectivity index (χ0v) is 12.6. The Kier molecular flexibility index (Phi) is 5.20. The number of para-hydroxylation sites is 1. The molecule has 0 radical (unpaired) electrons. The van der Waals surface area contributed by atoms with Crippen LogP contribution in [0.3, 0.4) is 0 Å². The molecule has 2 nitrogen and oxygen atoms in total. The number of anilines is 1. The zero-order chi connectivity index (χ0) is 14.5. The van der Waals surface area contributed by atoms with Crippen molar-refractivity contribution in [1.29, 1.82) is 0 Å². The van der Waals surface area contributed by atoms with Crippen molar-refractivity contribution in [1.82, 2.24) is 0 Å². The van der Waals surface area contributed by atoms with Crippen molar-refractivity contribution in [2.24, 2.45) is 0 Å². The molecule has 2 rings (SSSR count). The van der Waals surface area contributed by atoms with Crippen LogP contribution in [0, 0.1) is 0 Å². The lowest BCUT2D eigenvalue weighted by Crippen LogP contribution is -2.07. The van der Waals surface area contributed by atoms with Crippen molar-refractivity contribution < 1.29 is 13.5 Å². The van der Waals surface area contributed by atoms with Gasteiger partial charge in [-0.05, 0) is 40.2 Å². The highest BCUT2D eigenvalue weighted by atomic mass is 79.9. The molecule has 6 heteroatoms. The maximum absolute atomic E-state index is 12.3. The molecule has 0 fully saturated rings. The average Bonchev–Trinajstić information content (AvgIpc) is 2.39. The van der Waals surface area contributed by atoms with Crippen LogP contribution in [0.25, 0.3) is 0 Å². The molecule has 0 spiro atoms. The van der Waals surface area contributed by atoms with Crippen LogP contribution in [-0.2, 0) is 6.54 Å². The van der Waals surface area contributed by atoms with Crippen molar-refractivity contribution >= 4 is 33.2 Å². The van der Waals surface area contributed by atoms with E-state index in [9.17, 15) is 8.78 Å². The Morgan fingerprint density at radius 2 is 1.95 bits per heavy atom. The van der Waals surface area contributed by atoms with E-state index in [1.807, 2.05) is 6.07 Å². The van der Waals surface area contributed by atoms with Gasteiger partial charge in [-0.1, -0.05) is 29.8 Å². The van der Waals surface area contributed by atoms with Crippen molar-refractivity contribution in [3.05, 3.63) is 57.5 Å². The number of ether oxygens (including phenoxy) is 1. The van der Waals surface area contributed by atoms with E-state index in [4.69, 9.17) is 11.6 Å². The second-order valence-corrected chi connectivity index (χ2v) is 5.25. The summed E-state index contributed by atoms with van der Waals surface area (Å²) in [5.74, 6) is 0.167. The fourth-order valence-electron chi connectivity index (χ4n) is 1.68. The molecule has 0 saturated carbocycles. The number of nitrogens with one attached hydrogen (secondary N) is 1. The summed E-state index contributed by atoms with van der Waals surface area (Å²) >= 11 is 9.24. The zero-order valence-electron chi connectivity index (χ0n) is 10.2. The smallest absolute Gasteiger partial charge is 0.387 e. The summed E-state index contributed by atoms with van der Waals surface area (Å²) in [5.41, 5.74) is 1.47. The second-order valence-electron chi connectivity index (χ2n) is 3.96. The third kappa shape index (κ3) is 4.08. The van der Waals surface area contributed by atoms with Crippen molar-refractivity contribution in [3.63, 3.8) is 0 Å². The monoisotopic (exact) mass is 361 g/mol. The minimum atomic E-state index is -2.83. The van der Waals surface area contributed by atoms with E-state index in [2.05, 4.69) is 26.0 Å². The number of alkyl halides is 2. The quantitative estimate of drug-likeness (QED) is 0.777. The van der Waals surface area contributed by atoms with Gasteiger partial charge in [0.15, 0.2) is 0 Å². The van der Waals surface area contributed by atoms with E-state index in [1.54, 1.807) is 30.3 Å². The van der Waals surface area contributed by atoms with E-state index in [-0.39, 0.29) is 5.75 Å². The highest BCUT2D eigenvalue weighted by Gasteiger charge is 2.09. The molecular weight excluding hydrogens is 352 g/mol. The van der Waals surface area contributed by atoms with Gasteiger partial charge in [-0.25, -0.2) is 0 Å². The summed E-state index contributed by atoms with van der Waals surface area (Å²) in [5, 5.41) is 3.75. The summed E-state index contributed by atoms with van der Waals surface area (Å²) in [7, 11) is 0. The van der Waals surface area contributed by atoms with E-state index in [0.717, 1.165) is 10.2 Å². The minimum absolute atomic E-state index is 0.167. The van der Waals surface area contributed by atoms with Crippen LogP contribution in [0.5, 0.6) is 5.75 Å². The first-order valence-electron chi connectivity index (χ1n) is 5.78. The van der Waals surface area contributed by atoms with Crippen LogP contribution < -0.4 is 10.1 Å². The van der Waals surface area contributed by atoms with Gasteiger partial charge in [0.25, 0.3) is 0 Å². The molecule has 20 heavy (non-hydrogen) atoms. The third-order valence-corrected chi connectivity index (χ3v) is 3.48. The van der Waals surface area contributed by atoms with Crippen LogP contribution in [0.1, 0.15) is 5.56 Å². The van der Waals surface area contributed by atoms with E-state index >= 15 is 0 Å². The van der Waals surface area contributed by atoms with Crippen LogP contribution in [0.15, 0.2) is 46.9 Å². The van der Waals surface area contributed by atoms with E-state index in [1.165, 1.54) is 6.07 Å². The van der Waals surface area contributed by atoms with Crippen LogP contribution in [0.2, 0.25) is 5.02 Å². The highest BCUT2D eigenvalue weighted by molar-refractivity contribution is 9.10. The Morgan fingerprint density at radius 1 is 1.20 bits per heavy atom. The van der Waals surface area contributed by atoms with Gasteiger partial charge in [0.2, 0.25) is 0 Å². The summed E-state index contributed by atoms with van der Waals surface area (Å²) in [6.07, 6.45) is 0. The molecule has 0 saturated heterocycles. The molecule has 0 bridgehead atoms. The fourth-order valence-corrected chi connectivity index (χ4v) is 2.51. The summed E-state index contributed by atoms with van der Waals surface area (Å²) in [6, 6.07) is 12.0. The average molecular weight is 363 g/mol. The summed E-state index contributed by atoms with van der Waals surface area (Å²) < 4.78 is 29.9. The standard InChI is InChI=1S/C14H11BrClF2NO/c15-11-7-10(16)5-6-12(11)19-8-9-3-1-2-4-13(9)20-14(17)18/h1-7,14,19H,8H2. The van der Waals surface area contributed by atoms with Gasteiger partial charge >= 0.3 is 6.61 Å². The maximum Gasteiger partial charge on any atom is 0.387 e. The van der Waals surface area contributed by atoms with Gasteiger partial charge in [0, 0.05) is 27.3 Å². The Balaban J connectivity index is 2.10. The molecule has 2 aromatic carbocycles. The largest absolute Gasteiger partial charge is 0.434 e. The molecule has 0 aromatic heterocycles. The first kappa shape index (κ1) is 15.1. The van der Waals surface area contributed by atoms with E-state index < -0.39 is 6.61 Å². The molecule has 0 atom stereocenters. The Hall–Kier alpha value is -1.33. The summed E-state index contributed by atoms with van der Waals surface area (Å²) in [4.78, 5) is 0.